The molecule has 0 atom stereocenters. The van der Waals surface area contributed by atoms with Crippen LogP contribution in [-0.4, -0.2) is 12.5 Å². The van der Waals surface area contributed by atoms with E-state index in [0.29, 0.717) is 6.29 Å². The minimum Gasteiger partial charge on any atom is -0.303 e. The molecule has 0 aromatic heterocycles. The third-order valence-electron chi connectivity index (χ3n) is 0.539. The number of carbonyl (C=O) groups is 1. The van der Waals surface area contributed by atoms with Gasteiger partial charge in [0.2, 0.25) is 0 Å². The van der Waals surface area contributed by atoms with Crippen LogP contribution in [0.4, 0.5) is 13.2 Å². The number of rotatable bonds is 2. The molecule has 0 aromatic rings. The molecule has 0 aliphatic heterocycles. The molecule has 0 aliphatic carbocycles. The lowest BCUT2D eigenvalue weighted by molar-refractivity contribution is -0.107. The van der Waals surface area contributed by atoms with E-state index in [1.54, 1.807) is 0 Å². The fraction of sp³-hybridized carbons (Fsp3) is 0.400. The zero-order valence-corrected chi connectivity index (χ0v) is 4.48. The summed E-state index contributed by atoms with van der Waals surface area (Å²) in [6.07, 6.45) is -3.25. The molecule has 0 radical (unpaired) electrons. The summed E-state index contributed by atoms with van der Waals surface area (Å²) in [5, 5.41) is 0. The number of halogens is 3. The highest BCUT2D eigenvalue weighted by atomic mass is 19.4. The molecule has 1 nitrogen and oxygen atoms in total. The minimum atomic E-state index is -4.29. The highest BCUT2D eigenvalue weighted by Crippen LogP contribution is 2.15. The molecule has 0 aromatic carbocycles. The number of carbonyl (C=O) groups excluding carboxylic acids is 1. The first-order valence-electron chi connectivity index (χ1n) is 2.24. The highest BCUT2D eigenvalue weighted by molar-refractivity contribution is 5.51. The Hall–Kier alpha value is -0.800. The van der Waals surface area contributed by atoms with E-state index in [4.69, 9.17) is 0 Å². The molecule has 52 valence electrons. The van der Waals surface area contributed by atoms with E-state index in [1.165, 1.54) is 0 Å². The Morgan fingerprint density at radius 1 is 1.33 bits per heavy atom. The summed E-state index contributed by atoms with van der Waals surface area (Å²) in [7, 11) is 0. The second-order valence-electron chi connectivity index (χ2n) is 1.35. The maximum atomic E-state index is 11.2. The van der Waals surface area contributed by atoms with E-state index in [9.17, 15) is 18.0 Å². The molecular weight excluding hydrogens is 133 g/mol. The van der Waals surface area contributed by atoms with Gasteiger partial charge in [0.05, 0.1) is 0 Å². The fourth-order valence-corrected chi connectivity index (χ4v) is 0.257. The number of aldehydes is 1. The second-order valence-corrected chi connectivity index (χ2v) is 1.35. The number of alkyl halides is 3. The van der Waals surface area contributed by atoms with Crippen molar-refractivity contribution in [1.29, 1.82) is 0 Å². The zero-order valence-electron chi connectivity index (χ0n) is 4.48. The lowest BCUT2D eigenvalue weighted by Crippen LogP contribution is -2.00. The molecule has 0 unspecified atom stereocenters. The van der Waals surface area contributed by atoms with Crippen LogP contribution in [0.15, 0.2) is 12.2 Å². The molecular formula is C5H5F3O. The fourth-order valence-electron chi connectivity index (χ4n) is 0.257. The molecule has 0 fully saturated rings. The van der Waals surface area contributed by atoms with Crippen molar-refractivity contribution in [2.45, 2.75) is 12.6 Å². The van der Waals surface area contributed by atoms with E-state index in [0.717, 1.165) is 6.08 Å². The van der Waals surface area contributed by atoms with Crippen molar-refractivity contribution in [3.05, 3.63) is 12.2 Å². The van der Waals surface area contributed by atoms with Crippen LogP contribution in [-0.2, 0) is 4.79 Å². The van der Waals surface area contributed by atoms with Crippen LogP contribution in [0.5, 0.6) is 0 Å². The summed E-state index contributed by atoms with van der Waals surface area (Å²) in [6, 6.07) is 0. The van der Waals surface area contributed by atoms with Crippen molar-refractivity contribution in [2.75, 3.05) is 0 Å². The molecule has 0 spiro atoms. The molecule has 0 N–H and O–H groups in total. The van der Waals surface area contributed by atoms with Crippen LogP contribution < -0.4 is 0 Å². The Labute approximate surface area is 50.2 Å². The van der Waals surface area contributed by atoms with E-state index < -0.39 is 6.18 Å². The van der Waals surface area contributed by atoms with Crippen LogP contribution in [0.25, 0.3) is 0 Å². The van der Waals surface area contributed by atoms with Gasteiger partial charge in [0.25, 0.3) is 0 Å². The normalized spacial score (nSPS) is 12.3. The summed E-state index contributed by atoms with van der Waals surface area (Å²) < 4.78 is 33.5. The van der Waals surface area contributed by atoms with Gasteiger partial charge in [-0.3, -0.25) is 0 Å². The highest BCUT2D eigenvalue weighted by Gasteiger charge is 2.21. The van der Waals surface area contributed by atoms with Gasteiger partial charge in [-0.15, -0.1) is 0 Å². The predicted molar refractivity (Wildman–Crippen MR) is 25.9 cm³/mol. The molecule has 0 saturated heterocycles. The summed E-state index contributed by atoms with van der Waals surface area (Å²) in [5.74, 6) is 0. The maximum absolute atomic E-state index is 11.2. The van der Waals surface area contributed by atoms with Crippen molar-refractivity contribution in [2.24, 2.45) is 0 Å². The Balaban J connectivity index is 3.57. The van der Waals surface area contributed by atoms with E-state index in [1.807, 2.05) is 0 Å². The maximum Gasteiger partial charge on any atom is 0.409 e. The Kier molecular flexibility index (Phi) is 2.98. The van der Waals surface area contributed by atoms with E-state index in [-0.39, 0.29) is 12.5 Å². The van der Waals surface area contributed by atoms with Gasteiger partial charge in [0, 0.05) is 12.5 Å². The molecule has 0 aliphatic rings. The van der Waals surface area contributed by atoms with Crippen molar-refractivity contribution < 1.29 is 18.0 Å². The third-order valence-corrected chi connectivity index (χ3v) is 0.539. The Morgan fingerprint density at radius 2 is 1.89 bits per heavy atom. The average molecular weight is 138 g/mol. The minimum absolute atomic E-state index is 0.0431. The largest absolute Gasteiger partial charge is 0.409 e. The topological polar surface area (TPSA) is 17.1 Å². The standard InChI is InChI=1S/C5H5F3O/c6-5(7,8)3-1-2-4-9/h1,3-4H,2H2. The Bertz CT molecular complexity index is 114. The van der Waals surface area contributed by atoms with Crippen molar-refractivity contribution in [3.63, 3.8) is 0 Å². The summed E-state index contributed by atoms with van der Waals surface area (Å²) in [4.78, 5) is 9.47. The van der Waals surface area contributed by atoms with Crippen molar-refractivity contribution in [1.82, 2.24) is 0 Å². The molecule has 0 heterocycles. The first-order chi connectivity index (χ1) is 4.06. The molecule has 0 amide bonds. The van der Waals surface area contributed by atoms with Gasteiger partial charge in [0.1, 0.15) is 6.29 Å². The first-order valence-corrected chi connectivity index (χ1v) is 2.24. The summed E-state index contributed by atoms with van der Waals surface area (Å²) in [6.45, 7) is 0. The second kappa shape index (κ2) is 3.27. The van der Waals surface area contributed by atoms with Crippen LogP contribution in [0.2, 0.25) is 0 Å². The zero-order chi connectivity index (χ0) is 7.33. The van der Waals surface area contributed by atoms with E-state index >= 15 is 0 Å². The van der Waals surface area contributed by atoms with Gasteiger partial charge in [-0.2, -0.15) is 13.2 Å². The van der Waals surface area contributed by atoms with Gasteiger partial charge in [0.15, 0.2) is 0 Å². The van der Waals surface area contributed by atoms with Gasteiger partial charge in [-0.05, 0) is 0 Å². The number of hydrogen-bond donors (Lipinski definition) is 0. The smallest absolute Gasteiger partial charge is 0.303 e. The van der Waals surface area contributed by atoms with Crippen LogP contribution >= 0.6 is 0 Å². The number of allylic oxidation sites excluding steroid dienone is 2. The van der Waals surface area contributed by atoms with Crippen molar-refractivity contribution in [3.8, 4) is 0 Å². The summed E-state index contributed by atoms with van der Waals surface area (Å²) >= 11 is 0. The average Bonchev–Trinajstić information content (AvgIpc) is 1.63. The van der Waals surface area contributed by atoms with Crippen LogP contribution in [0.1, 0.15) is 6.42 Å². The van der Waals surface area contributed by atoms with Gasteiger partial charge in [-0.1, -0.05) is 6.08 Å². The molecule has 9 heavy (non-hydrogen) atoms. The Morgan fingerprint density at radius 3 is 2.22 bits per heavy atom. The SMILES string of the molecule is O=CCC=CC(F)(F)F. The lowest BCUT2D eigenvalue weighted by atomic mass is 10.4. The third kappa shape index (κ3) is 7.20. The molecule has 4 heteroatoms. The van der Waals surface area contributed by atoms with Crippen molar-refractivity contribution >= 4 is 6.29 Å². The first kappa shape index (κ1) is 8.20. The van der Waals surface area contributed by atoms with Crippen LogP contribution in [0, 0.1) is 0 Å². The molecule has 0 saturated carbocycles. The quantitative estimate of drug-likeness (QED) is 0.419. The molecule has 0 bridgehead atoms. The number of hydrogen-bond acceptors (Lipinski definition) is 1. The van der Waals surface area contributed by atoms with E-state index in [2.05, 4.69) is 0 Å². The predicted octanol–water partition coefficient (Wildman–Crippen LogP) is 1.69. The summed E-state index contributed by atoms with van der Waals surface area (Å²) in [5.41, 5.74) is 0. The van der Waals surface area contributed by atoms with Gasteiger partial charge >= 0.3 is 6.18 Å². The van der Waals surface area contributed by atoms with Gasteiger partial charge in [-0.25, -0.2) is 0 Å². The van der Waals surface area contributed by atoms with Crippen LogP contribution in [0.3, 0.4) is 0 Å². The van der Waals surface area contributed by atoms with Gasteiger partial charge < -0.3 is 4.79 Å². The molecule has 0 rings (SSSR count). The monoisotopic (exact) mass is 138 g/mol. The lowest BCUT2D eigenvalue weighted by Gasteiger charge is -1.94.